The molecule has 2 atom stereocenters. The maximum Gasteiger partial charge on any atom is 0.328 e. The second kappa shape index (κ2) is 9.06. The number of phenols is 1. The Morgan fingerprint density at radius 3 is 2.70 bits per heavy atom. The van der Waals surface area contributed by atoms with Gasteiger partial charge < -0.3 is 19.7 Å². The Balaban J connectivity index is 1.62. The topological polar surface area (TPSA) is 89.1 Å². The van der Waals surface area contributed by atoms with Gasteiger partial charge >= 0.3 is 6.03 Å². The summed E-state index contributed by atoms with van der Waals surface area (Å²) >= 11 is 0. The summed E-state index contributed by atoms with van der Waals surface area (Å²) < 4.78 is 19.8. The fourth-order valence-electron chi connectivity index (χ4n) is 5.65. The fraction of sp³-hybridized carbons (Fsp3) is 0.429. The van der Waals surface area contributed by atoms with Gasteiger partial charge in [-0.05, 0) is 70.1 Å². The first-order valence-electron chi connectivity index (χ1n) is 12.6. The summed E-state index contributed by atoms with van der Waals surface area (Å²) in [5.41, 5.74) is 1.62. The predicted molar refractivity (Wildman–Crippen MR) is 138 cm³/mol. The van der Waals surface area contributed by atoms with Crippen LogP contribution in [0.5, 0.6) is 11.5 Å². The molecule has 0 aliphatic carbocycles. The lowest BCUT2D eigenvalue weighted by Gasteiger charge is -2.42. The summed E-state index contributed by atoms with van der Waals surface area (Å²) in [6.07, 6.45) is 0.941. The largest absolute Gasteiger partial charge is 0.508 e. The molecule has 3 aromatic rings. The summed E-state index contributed by atoms with van der Waals surface area (Å²) in [6, 6.07) is 9.05. The van der Waals surface area contributed by atoms with E-state index in [1.54, 1.807) is 36.1 Å². The summed E-state index contributed by atoms with van der Waals surface area (Å²) in [5, 5.41) is 11.0. The minimum atomic E-state index is -1.14. The Morgan fingerprint density at radius 1 is 1.27 bits per heavy atom. The molecular weight excluding hydrogens is 475 g/mol. The molecular formula is C28H33FN4O4. The number of nitrogens with one attached hydrogen (secondary N) is 1. The van der Waals surface area contributed by atoms with E-state index in [4.69, 9.17) is 4.74 Å². The van der Waals surface area contributed by atoms with Crippen LogP contribution in [0.25, 0.3) is 10.9 Å². The van der Waals surface area contributed by atoms with Crippen LogP contribution in [0.4, 0.5) is 9.18 Å². The number of urea groups is 1. The van der Waals surface area contributed by atoms with Gasteiger partial charge in [0.2, 0.25) is 0 Å². The average molecular weight is 509 g/mol. The van der Waals surface area contributed by atoms with Crippen LogP contribution in [0.3, 0.4) is 0 Å². The SMILES string of the molecule is COc1cc2c3c([nH]c2cc1F)C(c1cccc(O)c1)N1C(=O)N(CCCN(C)C(C)C)C(=O)[C@]1(C)C3. The molecule has 5 rings (SSSR count). The third kappa shape index (κ3) is 3.92. The number of hydrogen-bond donors (Lipinski definition) is 2. The van der Waals surface area contributed by atoms with E-state index in [0.717, 1.165) is 17.5 Å². The molecule has 1 aromatic heterocycles. The number of carbonyl (C=O) groups is 2. The van der Waals surface area contributed by atoms with Gasteiger partial charge in [0.15, 0.2) is 11.6 Å². The van der Waals surface area contributed by atoms with Crippen LogP contribution in [0.15, 0.2) is 36.4 Å². The lowest BCUT2D eigenvalue weighted by molar-refractivity contribution is -0.133. The number of aromatic amines is 1. The van der Waals surface area contributed by atoms with E-state index >= 15 is 0 Å². The minimum Gasteiger partial charge on any atom is -0.508 e. The second-order valence-electron chi connectivity index (χ2n) is 10.5. The van der Waals surface area contributed by atoms with E-state index in [-0.39, 0.29) is 29.9 Å². The molecule has 8 nitrogen and oxygen atoms in total. The molecule has 0 spiro atoms. The molecule has 2 N–H and O–H groups in total. The summed E-state index contributed by atoms with van der Waals surface area (Å²) in [6.45, 7) is 7.09. The summed E-state index contributed by atoms with van der Waals surface area (Å²) in [5.74, 6) is -0.579. The highest BCUT2D eigenvalue weighted by Gasteiger charge is 2.60. The highest BCUT2D eigenvalue weighted by atomic mass is 19.1. The Labute approximate surface area is 215 Å². The van der Waals surface area contributed by atoms with Gasteiger partial charge in [-0.2, -0.15) is 0 Å². The summed E-state index contributed by atoms with van der Waals surface area (Å²) in [7, 11) is 3.44. The van der Waals surface area contributed by atoms with Crippen LogP contribution in [0.2, 0.25) is 0 Å². The maximum atomic E-state index is 14.6. The van der Waals surface area contributed by atoms with Gasteiger partial charge in [-0.1, -0.05) is 12.1 Å². The number of rotatable bonds is 7. The summed E-state index contributed by atoms with van der Waals surface area (Å²) in [4.78, 5) is 36.2. The Hall–Kier alpha value is -3.59. The highest BCUT2D eigenvalue weighted by Crippen LogP contribution is 2.49. The molecule has 1 unspecified atom stereocenters. The smallest absolute Gasteiger partial charge is 0.328 e. The number of imide groups is 1. The zero-order valence-electron chi connectivity index (χ0n) is 21.8. The van der Waals surface area contributed by atoms with Crippen LogP contribution in [-0.4, -0.2) is 75.6 Å². The third-order valence-corrected chi connectivity index (χ3v) is 7.90. The monoisotopic (exact) mass is 508 g/mol. The normalized spacial score (nSPS) is 21.4. The van der Waals surface area contributed by atoms with Gasteiger partial charge in [0.1, 0.15) is 17.3 Å². The van der Waals surface area contributed by atoms with Crippen molar-refractivity contribution in [3.05, 3.63) is 59.0 Å². The zero-order valence-corrected chi connectivity index (χ0v) is 21.8. The van der Waals surface area contributed by atoms with Crippen molar-refractivity contribution in [2.75, 3.05) is 27.2 Å². The number of fused-ring (bicyclic) bond motifs is 4. The molecule has 196 valence electrons. The number of carbonyl (C=O) groups excluding carboxylic acids is 2. The number of aromatic hydroxyl groups is 1. The van der Waals surface area contributed by atoms with Gasteiger partial charge in [-0.3, -0.25) is 14.6 Å². The van der Waals surface area contributed by atoms with Crippen LogP contribution in [-0.2, 0) is 11.2 Å². The van der Waals surface area contributed by atoms with Gasteiger partial charge in [-0.25, -0.2) is 9.18 Å². The van der Waals surface area contributed by atoms with Crippen LogP contribution < -0.4 is 4.74 Å². The molecule has 2 aromatic carbocycles. The minimum absolute atomic E-state index is 0.0571. The predicted octanol–water partition coefficient (Wildman–Crippen LogP) is 4.42. The van der Waals surface area contributed by atoms with Crippen molar-refractivity contribution in [1.82, 2.24) is 19.7 Å². The number of methoxy groups -OCH3 is 1. The van der Waals surface area contributed by atoms with Crippen molar-refractivity contribution in [2.45, 2.75) is 51.2 Å². The maximum absolute atomic E-state index is 14.6. The van der Waals surface area contributed by atoms with E-state index < -0.39 is 17.4 Å². The lowest BCUT2D eigenvalue weighted by atomic mass is 9.81. The molecule has 0 radical (unpaired) electrons. The second-order valence-corrected chi connectivity index (χ2v) is 10.5. The van der Waals surface area contributed by atoms with Crippen molar-refractivity contribution in [3.8, 4) is 11.5 Å². The Bertz CT molecular complexity index is 1390. The number of phenolic OH excluding ortho intramolecular Hbond substituents is 1. The fourth-order valence-corrected chi connectivity index (χ4v) is 5.65. The Morgan fingerprint density at radius 2 is 2.03 bits per heavy atom. The van der Waals surface area contributed by atoms with Crippen molar-refractivity contribution in [1.29, 1.82) is 0 Å². The van der Waals surface area contributed by atoms with E-state index in [1.165, 1.54) is 18.1 Å². The quantitative estimate of drug-likeness (QED) is 0.461. The number of H-pyrrole nitrogens is 1. The number of amides is 3. The van der Waals surface area contributed by atoms with Gasteiger partial charge in [0.05, 0.1) is 7.11 Å². The molecule has 3 amide bonds. The lowest BCUT2D eigenvalue weighted by Crippen LogP contribution is -2.53. The van der Waals surface area contributed by atoms with Gasteiger partial charge in [-0.15, -0.1) is 0 Å². The van der Waals surface area contributed by atoms with E-state index in [1.807, 2.05) is 13.1 Å². The Kier molecular flexibility index (Phi) is 6.14. The third-order valence-electron chi connectivity index (χ3n) is 7.90. The molecule has 0 saturated carbocycles. The molecule has 2 aliphatic rings. The molecule has 0 bridgehead atoms. The number of hydrogen-bond acceptors (Lipinski definition) is 5. The van der Waals surface area contributed by atoms with E-state index in [0.29, 0.717) is 35.8 Å². The van der Waals surface area contributed by atoms with Crippen LogP contribution >= 0.6 is 0 Å². The van der Waals surface area contributed by atoms with Crippen molar-refractivity contribution >= 4 is 22.8 Å². The molecule has 9 heteroatoms. The highest BCUT2D eigenvalue weighted by molar-refractivity contribution is 6.08. The van der Waals surface area contributed by atoms with Crippen LogP contribution in [0.1, 0.15) is 50.1 Å². The number of ether oxygens (including phenoxy) is 1. The molecule has 1 fully saturated rings. The molecule has 2 aliphatic heterocycles. The molecule has 37 heavy (non-hydrogen) atoms. The first-order chi connectivity index (χ1) is 17.6. The standard InChI is InChI=1S/C28H33FN4O4/c1-16(2)31(4)10-7-11-32-26(35)28(3)15-20-19-13-23(37-5)21(29)14-22(19)30-24(20)25(33(28)27(32)36)17-8-6-9-18(34)12-17/h6,8-9,12-14,16,25,30,34H,7,10-11,15H2,1-5H3/t25?,28-/m0/s1. The zero-order chi connectivity index (χ0) is 26.6. The van der Waals surface area contributed by atoms with Crippen LogP contribution in [0, 0.1) is 5.82 Å². The number of halogens is 1. The van der Waals surface area contributed by atoms with Crippen molar-refractivity contribution < 1.29 is 23.8 Å². The van der Waals surface area contributed by atoms with E-state index in [2.05, 4.69) is 23.7 Å². The van der Waals surface area contributed by atoms with E-state index in [9.17, 15) is 19.1 Å². The van der Waals surface area contributed by atoms with Gasteiger partial charge in [0, 0.05) is 41.7 Å². The molecule has 3 heterocycles. The van der Waals surface area contributed by atoms with Gasteiger partial charge in [0.25, 0.3) is 5.91 Å². The van der Waals surface area contributed by atoms with Crippen molar-refractivity contribution in [3.63, 3.8) is 0 Å². The molecule has 1 saturated heterocycles. The number of aromatic nitrogens is 1. The number of benzene rings is 2. The average Bonchev–Trinajstić information content (AvgIpc) is 3.28. The first-order valence-corrected chi connectivity index (χ1v) is 12.6. The first kappa shape index (κ1) is 25.1. The van der Waals surface area contributed by atoms with Crippen molar-refractivity contribution in [2.24, 2.45) is 0 Å². The number of nitrogens with zero attached hydrogens (tertiary/aromatic N) is 3.